The fraction of sp³-hybridized carbons (Fsp3) is 0.333. The zero-order valence-electron chi connectivity index (χ0n) is 7.50. The number of rotatable bonds is 2. The molecule has 1 aromatic rings. The Morgan fingerprint density at radius 2 is 2.55 bits per heavy atom. The first-order valence-electron chi connectivity index (χ1n) is 2.81. The summed E-state index contributed by atoms with van der Waals surface area (Å²) in [5.74, 6) is -0.0388. The van der Waals surface area contributed by atoms with E-state index in [4.69, 9.17) is 9.52 Å². The van der Waals surface area contributed by atoms with Crippen molar-refractivity contribution in [3.05, 3.63) is 17.8 Å². The fourth-order valence-corrected chi connectivity index (χ4v) is 0.613. The molecular formula is C6H8KNO3. The van der Waals surface area contributed by atoms with Crippen LogP contribution in [0.2, 0.25) is 0 Å². The van der Waals surface area contributed by atoms with Crippen LogP contribution in [-0.4, -0.2) is 16.1 Å². The maximum Gasteiger partial charge on any atom is 1.00 e. The molecule has 0 spiro atoms. The number of carboxylic acid groups (broad SMARTS) is 1. The van der Waals surface area contributed by atoms with Gasteiger partial charge in [-0.2, -0.15) is 0 Å². The molecule has 0 bridgehead atoms. The van der Waals surface area contributed by atoms with E-state index in [0.29, 0.717) is 5.76 Å². The predicted molar refractivity (Wildman–Crippen MR) is 33.7 cm³/mol. The van der Waals surface area contributed by atoms with Crippen LogP contribution in [0.25, 0.3) is 0 Å². The van der Waals surface area contributed by atoms with Gasteiger partial charge in [0.05, 0.1) is 6.20 Å². The molecule has 0 saturated heterocycles. The molecule has 4 nitrogen and oxygen atoms in total. The van der Waals surface area contributed by atoms with E-state index < -0.39 is 5.97 Å². The molecule has 56 valence electrons. The Kier molecular flexibility index (Phi) is 5.19. The molecule has 0 aromatic carbocycles. The summed E-state index contributed by atoms with van der Waals surface area (Å²) in [6.45, 7) is 1.72. The second-order valence-corrected chi connectivity index (χ2v) is 1.94. The topological polar surface area (TPSA) is 63.3 Å². The Hall–Kier alpha value is 0.316. The first-order chi connectivity index (χ1) is 4.68. The van der Waals surface area contributed by atoms with Gasteiger partial charge < -0.3 is 11.0 Å². The molecule has 0 saturated carbocycles. The number of carboxylic acids is 1. The fourth-order valence-electron chi connectivity index (χ4n) is 0.613. The maximum absolute atomic E-state index is 10.1. The van der Waals surface area contributed by atoms with Gasteiger partial charge in [0.1, 0.15) is 12.2 Å². The van der Waals surface area contributed by atoms with Crippen molar-refractivity contribution in [3.63, 3.8) is 0 Å². The molecule has 5 heteroatoms. The van der Waals surface area contributed by atoms with E-state index in [0.717, 1.165) is 0 Å². The summed E-state index contributed by atoms with van der Waals surface area (Å²) >= 11 is 0. The summed E-state index contributed by atoms with van der Waals surface area (Å²) in [5, 5.41) is 8.28. The van der Waals surface area contributed by atoms with Gasteiger partial charge in [0, 0.05) is 0 Å². The van der Waals surface area contributed by atoms with Crippen LogP contribution in [-0.2, 0) is 11.2 Å². The van der Waals surface area contributed by atoms with Crippen LogP contribution in [0.15, 0.2) is 10.6 Å². The van der Waals surface area contributed by atoms with Crippen molar-refractivity contribution >= 4 is 5.97 Å². The number of carbonyl (C=O) groups is 1. The molecule has 1 N–H and O–H groups in total. The van der Waals surface area contributed by atoms with Gasteiger partial charge in [-0.15, -0.1) is 0 Å². The van der Waals surface area contributed by atoms with Gasteiger partial charge in [-0.3, -0.25) is 4.79 Å². The molecule has 0 unspecified atom stereocenters. The van der Waals surface area contributed by atoms with Crippen LogP contribution in [0.4, 0.5) is 0 Å². The molecule has 1 aromatic heterocycles. The third kappa shape index (κ3) is 4.02. The van der Waals surface area contributed by atoms with Crippen LogP contribution in [0.5, 0.6) is 0 Å². The minimum atomic E-state index is -0.929. The standard InChI is InChI=1S/C6H7NO3.K.H/c1-4-3-7-5(10-4)2-6(8)9;;/h3H,2H2,1H3,(H,8,9);;/q;+1;-1. The Bertz CT molecular complexity index is 251. The zero-order chi connectivity index (χ0) is 7.56. The maximum atomic E-state index is 10.1. The van der Waals surface area contributed by atoms with Crippen molar-refractivity contribution in [2.24, 2.45) is 0 Å². The molecule has 0 aliphatic heterocycles. The number of nitrogens with zero attached hydrogens (tertiary/aromatic N) is 1. The van der Waals surface area contributed by atoms with Crippen molar-refractivity contribution in [2.45, 2.75) is 13.3 Å². The van der Waals surface area contributed by atoms with Gasteiger partial charge in [0.15, 0.2) is 0 Å². The van der Waals surface area contributed by atoms with Crippen LogP contribution in [0, 0.1) is 6.92 Å². The van der Waals surface area contributed by atoms with Crippen LogP contribution in [0.3, 0.4) is 0 Å². The predicted octanol–water partition coefficient (Wildman–Crippen LogP) is -2.27. The van der Waals surface area contributed by atoms with E-state index in [1.54, 1.807) is 6.92 Å². The third-order valence-corrected chi connectivity index (χ3v) is 0.972. The largest absolute Gasteiger partial charge is 1.00 e. The molecule has 0 fully saturated rings. The van der Waals surface area contributed by atoms with Crippen molar-refractivity contribution in [1.29, 1.82) is 0 Å². The van der Waals surface area contributed by atoms with E-state index in [-0.39, 0.29) is 65.1 Å². The summed E-state index contributed by atoms with van der Waals surface area (Å²) in [6.07, 6.45) is 1.35. The summed E-state index contributed by atoms with van der Waals surface area (Å²) < 4.78 is 4.90. The van der Waals surface area contributed by atoms with E-state index in [2.05, 4.69) is 4.98 Å². The summed E-state index contributed by atoms with van der Waals surface area (Å²) in [6, 6.07) is 0. The molecule has 0 atom stereocenters. The summed E-state index contributed by atoms with van der Waals surface area (Å²) in [4.78, 5) is 13.8. The van der Waals surface area contributed by atoms with Gasteiger partial charge in [-0.25, -0.2) is 4.98 Å². The molecule has 0 aliphatic rings. The van der Waals surface area contributed by atoms with Crippen molar-refractivity contribution in [2.75, 3.05) is 0 Å². The average Bonchev–Trinajstić information content (AvgIpc) is 2.13. The average molecular weight is 181 g/mol. The number of hydrogen-bond donors (Lipinski definition) is 1. The Labute approximate surface area is 108 Å². The van der Waals surface area contributed by atoms with Crippen molar-refractivity contribution < 1.29 is 67.1 Å². The van der Waals surface area contributed by atoms with Crippen LogP contribution in [0.1, 0.15) is 13.1 Å². The molecule has 0 amide bonds. The number of hydrogen-bond acceptors (Lipinski definition) is 3. The van der Waals surface area contributed by atoms with Crippen LogP contribution < -0.4 is 51.4 Å². The molecule has 0 aliphatic carbocycles. The first-order valence-corrected chi connectivity index (χ1v) is 2.81. The second-order valence-electron chi connectivity index (χ2n) is 1.94. The minimum Gasteiger partial charge on any atom is -1.00 e. The van der Waals surface area contributed by atoms with Gasteiger partial charge >= 0.3 is 57.4 Å². The number of aliphatic carboxylic acids is 1. The Balaban J connectivity index is 0. The molecule has 0 radical (unpaired) electrons. The van der Waals surface area contributed by atoms with E-state index in [9.17, 15) is 4.79 Å². The molecular weight excluding hydrogens is 173 g/mol. The van der Waals surface area contributed by atoms with Gasteiger partial charge in [-0.05, 0) is 6.92 Å². The second kappa shape index (κ2) is 5.05. The molecule has 11 heavy (non-hydrogen) atoms. The van der Waals surface area contributed by atoms with Crippen molar-refractivity contribution in [1.82, 2.24) is 4.98 Å². The zero-order valence-corrected chi connectivity index (χ0v) is 9.62. The Morgan fingerprint density at radius 3 is 2.91 bits per heavy atom. The van der Waals surface area contributed by atoms with E-state index in [1.807, 2.05) is 0 Å². The quantitative estimate of drug-likeness (QED) is 0.522. The monoisotopic (exact) mass is 181 g/mol. The number of aryl methyl sites for hydroxylation is 1. The Morgan fingerprint density at radius 1 is 1.91 bits per heavy atom. The van der Waals surface area contributed by atoms with Gasteiger partial charge in [-0.1, -0.05) is 0 Å². The summed E-state index contributed by atoms with van der Waals surface area (Å²) in [5.41, 5.74) is 0. The first kappa shape index (κ1) is 11.3. The minimum absolute atomic E-state index is 0. The van der Waals surface area contributed by atoms with Gasteiger partial charge in [0.2, 0.25) is 5.89 Å². The normalized spacial score (nSPS) is 8.82. The number of aromatic nitrogens is 1. The number of oxazole rings is 1. The smallest absolute Gasteiger partial charge is 1.00 e. The van der Waals surface area contributed by atoms with Crippen molar-refractivity contribution in [3.8, 4) is 0 Å². The van der Waals surface area contributed by atoms with Gasteiger partial charge in [0.25, 0.3) is 0 Å². The third-order valence-electron chi connectivity index (χ3n) is 0.972. The molecule has 1 heterocycles. The van der Waals surface area contributed by atoms with Crippen LogP contribution >= 0.6 is 0 Å². The van der Waals surface area contributed by atoms with E-state index >= 15 is 0 Å². The molecule has 1 rings (SSSR count). The van der Waals surface area contributed by atoms with E-state index in [1.165, 1.54) is 6.20 Å². The summed E-state index contributed by atoms with van der Waals surface area (Å²) in [7, 11) is 0. The SMILES string of the molecule is Cc1cnc(CC(=O)O)o1.[H-].[K+].